The number of hydrogen-bond donors (Lipinski definition) is 5. The zero-order chi connectivity index (χ0) is 32.0. The predicted octanol–water partition coefficient (Wildman–Crippen LogP) is 3.18. The van der Waals surface area contributed by atoms with Crippen molar-refractivity contribution in [2.45, 2.75) is 116 Å². The van der Waals surface area contributed by atoms with E-state index in [9.17, 15) is 37.7 Å². The van der Waals surface area contributed by atoms with Crippen molar-refractivity contribution >= 4 is 18.2 Å². The van der Waals surface area contributed by atoms with Crippen molar-refractivity contribution in [3.63, 3.8) is 0 Å². The summed E-state index contributed by atoms with van der Waals surface area (Å²) in [6.45, 7) is 12.7. The van der Waals surface area contributed by atoms with Crippen molar-refractivity contribution in [3.05, 3.63) is 0 Å². The van der Waals surface area contributed by atoms with E-state index in [0.717, 1.165) is 13.5 Å². The van der Waals surface area contributed by atoms with Gasteiger partial charge in [0.15, 0.2) is 0 Å². The average molecular weight is 655 g/mol. The van der Waals surface area contributed by atoms with Gasteiger partial charge < -0.3 is 24.9 Å². The Balaban J connectivity index is 1.56. The molecular formula is C29H51O12PS. The lowest BCUT2D eigenvalue weighted by molar-refractivity contribution is -0.253. The fraction of sp³-hybridized carbons (Fsp3) is 1.00. The summed E-state index contributed by atoms with van der Waals surface area (Å²) < 4.78 is 67.7. The maximum Gasteiger partial charge on any atom is 0.472 e. The molecule has 1 aliphatic heterocycles. The van der Waals surface area contributed by atoms with Gasteiger partial charge in [-0.25, -0.2) is 8.75 Å². The molecule has 5 N–H and O–H groups in total. The molecule has 250 valence electrons. The number of rotatable bonds is 7. The van der Waals surface area contributed by atoms with Crippen LogP contribution < -0.4 is 0 Å². The first kappa shape index (κ1) is 34.2. The number of fused-ring (bicyclic) bond motifs is 7. The summed E-state index contributed by atoms with van der Waals surface area (Å²) in [4.78, 5) is 10.6. The van der Waals surface area contributed by atoms with Crippen molar-refractivity contribution in [2.75, 3.05) is 7.11 Å². The van der Waals surface area contributed by atoms with Crippen LogP contribution in [0.2, 0.25) is 0 Å². The van der Waals surface area contributed by atoms with Crippen molar-refractivity contribution < 1.29 is 55.7 Å². The Labute approximate surface area is 255 Å². The van der Waals surface area contributed by atoms with Crippen LogP contribution in [0, 0.1) is 58.2 Å². The molecule has 5 fully saturated rings. The Morgan fingerprint density at radius 2 is 1.58 bits per heavy atom. The van der Waals surface area contributed by atoms with E-state index in [0.29, 0.717) is 25.2 Å². The first-order valence-electron chi connectivity index (χ1n) is 15.7. The molecule has 0 aromatic carbocycles. The Morgan fingerprint density at radius 3 is 2.16 bits per heavy atom. The van der Waals surface area contributed by atoms with Gasteiger partial charge >= 0.3 is 18.2 Å². The monoisotopic (exact) mass is 654 g/mol. The van der Waals surface area contributed by atoms with Crippen LogP contribution in [0.3, 0.4) is 0 Å². The molecule has 5 aliphatic rings. The van der Waals surface area contributed by atoms with E-state index < -0.39 is 83.4 Å². The van der Waals surface area contributed by atoms with Gasteiger partial charge in [-0.3, -0.25) is 13.6 Å². The number of hydrogen-bond acceptors (Lipinski definition) is 10. The second-order valence-electron chi connectivity index (χ2n) is 15.1. The van der Waals surface area contributed by atoms with Crippen LogP contribution in [0.4, 0.5) is 0 Å². The van der Waals surface area contributed by atoms with Gasteiger partial charge in [0.05, 0.1) is 36.6 Å². The molecule has 1 saturated heterocycles. The second-order valence-corrected chi connectivity index (χ2v) is 17.6. The number of aliphatic hydroxyl groups excluding tert-OH is 3. The SMILES string of the molecule is COP(=O)(O)O[C@@H]1C2OC([C@@H](C)C(C)C)CC(C)C2[C@@]2(C)CCC3[C@H](C12)[C@@H](O)[C@@H](O)C1[C@@H](O)C(OS(=O)(=O)O)CC[C@]31C. The van der Waals surface area contributed by atoms with Gasteiger partial charge in [0.2, 0.25) is 0 Å². The largest absolute Gasteiger partial charge is 0.472 e. The van der Waals surface area contributed by atoms with Crippen LogP contribution in [0.5, 0.6) is 0 Å². The number of aliphatic hydroxyl groups is 3. The third-order valence-corrected chi connectivity index (χ3v) is 14.2. The van der Waals surface area contributed by atoms with E-state index in [1.165, 1.54) is 0 Å². The molecule has 0 amide bonds. The van der Waals surface area contributed by atoms with Crippen molar-refractivity contribution in [1.82, 2.24) is 0 Å². The summed E-state index contributed by atoms with van der Waals surface area (Å²) in [7, 11) is -8.22. The van der Waals surface area contributed by atoms with Gasteiger partial charge in [-0.05, 0) is 84.4 Å². The number of ether oxygens (including phenoxy) is 1. The van der Waals surface area contributed by atoms with Crippen molar-refractivity contribution in [1.29, 1.82) is 0 Å². The minimum atomic E-state index is -4.85. The molecule has 0 aromatic rings. The molecule has 4 aliphatic carbocycles. The lowest BCUT2D eigenvalue weighted by Gasteiger charge is -2.64. The standard InChI is InChI=1S/C29H51O12PS/c1-13(2)15(4)18-12-14(3)20-26(39-18)27(40-42(33,34)38-7)21-19-16(8-10-29(20,21)6)28(5)11-9-17(41-43(35,36)37)23(30)22(28)25(32)24(19)31/h13-27,30-32H,8-12H2,1-7H3,(H,33,34)(H,35,36,37)/t14?,15-,16?,17?,18?,19+,20?,21?,22?,23-,24+,25-,26?,27-,28+,29+/m0/s1. The van der Waals surface area contributed by atoms with Gasteiger partial charge in [0.1, 0.15) is 6.10 Å². The molecule has 43 heavy (non-hydrogen) atoms. The first-order valence-corrected chi connectivity index (χ1v) is 18.6. The molecule has 12 nitrogen and oxygen atoms in total. The molecule has 5 rings (SSSR count). The Bertz CT molecular complexity index is 1200. The number of phosphoric acid groups is 1. The summed E-state index contributed by atoms with van der Waals surface area (Å²) >= 11 is 0. The molecule has 9 unspecified atom stereocenters. The van der Waals surface area contributed by atoms with Crippen LogP contribution in [0.15, 0.2) is 0 Å². The maximum absolute atomic E-state index is 13.0. The van der Waals surface area contributed by atoms with E-state index in [1.54, 1.807) is 0 Å². The van der Waals surface area contributed by atoms with Gasteiger partial charge in [-0.1, -0.05) is 41.5 Å². The maximum atomic E-state index is 13.0. The number of phosphoric ester groups is 1. The molecule has 0 spiro atoms. The van der Waals surface area contributed by atoms with E-state index in [1.807, 2.05) is 6.92 Å². The summed E-state index contributed by atoms with van der Waals surface area (Å²) in [6, 6.07) is 0. The minimum Gasteiger partial charge on any atom is -0.390 e. The summed E-state index contributed by atoms with van der Waals surface area (Å²) in [6.07, 6.45) is -4.31. The lowest BCUT2D eigenvalue weighted by atomic mass is 9.42. The molecular weight excluding hydrogens is 603 g/mol. The van der Waals surface area contributed by atoms with Gasteiger partial charge in [-0.2, -0.15) is 8.42 Å². The third-order valence-electron chi connectivity index (χ3n) is 12.8. The Kier molecular flexibility index (Phi) is 9.14. The Hall–Kier alpha value is -0.180. The van der Waals surface area contributed by atoms with Gasteiger partial charge in [-0.15, -0.1) is 0 Å². The van der Waals surface area contributed by atoms with Crippen LogP contribution in [-0.2, 0) is 32.9 Å². The van der Waals surface area contributed by atoms with E-state index in [4.69, 9.17) is 18.0 Å². The van der Waals surface area contributed by atoms with Gasteiger partial charge in [0, 0.05) is 13.0 Å². The van der Waals surface area contributed by atoms with E-state index in [2.05, 4.69) is 34.6 Å². The second kappa shape index (κ2) is 11.5. The van der Waals surface area contributed by atoms with E-state index in [-0.39, 0.29) is 36.2 Å². The van der Waals surface area contributed by atoms with E-state index >= 15 is 0 Å². The molecule has 17 atom stereocenters. The van der Waals surface area contributed by atoms with Crippen LogP contribution in [0.1, 0.15) is 73.6 Å². The predicted molar refractivity (Wildman–Crippen MR) is 155 cm³/mol. The normalized spacial score (nSPS) is 52.0. The quantitative estimate of drug-likeness (QED) is 0.200. The smallest absolute Gasteiger partial charge is 0.390 e. The fourth-order valence-electron chi connectivity index (χ4n) is 10.6. The first-order chi connectivity index (χ1) is 19.8. The van der Waals surface area contributed by atoms with Crippen LogP contribution >= 0.6 is 7.82 Å². The molecule has 0 aromatic heterocycles. The highest BCUT2D eigenvalue weighted by molar-refractivity contribution is 7.80. The highest BCUT2D eigenvalue weighted by Crippen LogP contribution is 2.71. The van der Waals surface area contributed by atoms with Crippen LogP contribution in [-0.4, -0.2) is 83.0 Å². The zero-order valence-electron chi connectivity index (χ0n) is 26.1. The fourth-order valence-corrected chi connectivity index (χ4v) is 11.8. The summed E-state index contributed by atoms with van der Waals surface area (Å²) in [5.41, 5.74) is -1.18. The summed E-state index contributed by atoms with van der Waals surface area (Å²) in [5.74, 6) is -1.43. The topological polar surface area (TPSA) is 189 Å². The average Bonchev–Trinajstić information content (AvgIpc) is 3.15. The Morgan fingerprint density at radius 1 is 0.953 bits per heavy atom. The summed E-state index contributed by atoms with van der Waals surface area (Å²) in [5, 5.41) is 34.8. The van der Waals surface area contributed by atoms with Gasteiger partial charge in [0.25, 0.3) is 0 Å². The lowest BCUT2D eigenvalue weighted by Crippen LogP contribution is -2.68. The van der Waals surface area contributed by atoms with Crippen molar-refractivity contribution in [2.24, 2.45) is 58.2 Å². The van der Waals surface area contributed by atoms with Crippen LogP contribution in [0.25, 0.3) is 0 Å². The molecule has 0 bridgehead atoms. The highest BCUT2D eigenvalue weighted by Gasteiger charge is 2.72. The minimum absolute atomic E-state index is 0.0321. The highest BCUT2D eigenvalue weighted by atomic mass is 32.3. The third kappa shape index (κ3) is 5.60. The molecule has 0 radical (unpaired) electrons. The molecule has 4 saturated carbocycles. The molecule has 1 heterocycles. The zero-order valence-corrected chi connectivity index (χ0v) is 27.9. The van der Waals surface area contributed by atoms with Crippen molar-refractivity contribution in [3.8, 4) is 0 Å². The molecule has 14 heteroatoms.